The van der Waals surface area contributed by atoms with Gasteiger partial charge in [-0.15, -0.1) is 6.58 Å². The maximum absolute atomic E-state index is 15.2. The summed E-state index contributed by atoms with van der Waals surface area (Å²) >= 11 is 0. The molecule has 0 bridgehead atoms. The summed E-state index contributed by atoms with van der Waals surface area (Å²) in [5.74, 6) is -3.72. The summed E-state index contributed by atoms with van der Waals surface area (Å²) in [6.45, 7) is 5.82. The van der Waals surface area contributed by atoms with Crippen LogP contribution < -0.4 is 4.74 Å². The lowest BCUT2D eigenvalue weighted by molar-refractivity contribution is 0.0727. The number of benzene rings is 3. The van der Waals surface area contributed by atoms with Crippen LogP contribution in [0.3, 0.4) is 0 Å². The van der Waals surface area contributed by atoms with Gasteiger partial charge < -0.3 is 9.84 Å². The predicted octanol–water partition coefficient (Wildman–Crippen LogP) is 9.47. The molecule has 6 heteroatoms. The Morgan fingerprint density at radius 2 is 1.60 bits per heavy atom. The number of hydrogen-bond acceptors (Lipinski definition) is 2. The molecule has 1 saturated carbocycles. The first-order valence-corrected chi connectivity index (χ1v) is 14.0. The normalized spacial score (nSPS) is 18.1. The van der Waals surface area contributed by atoms with E-state index in [1.807, 2.05) is 6.92 Å². The molecule has 1 N–H and O–H groups in total. The molecule has 0 heterocycles. The van der Waals surface area contributed by atoms with E-state index < -0.39 is 23.3 Å². The van der Waals surface area contributed by atoms with Gasteiger partial charge in [0.25, 0.3) is 0 Å². The fraction of sp³-hybridized carbons (Fsp3) is 0.353. The first kappa shape index (κ1) is 29.6. The Bertz CT molecular complexity index is 1320. The van der Waals surface area contributed by atoms with Gasteiger partial charge in [0.2, 0.25) is 5.82 Å². The van der Waals surface area contributed by atoms with E-state index in [-0.39, 0.29) is 41.4 Å². The van der Waals surface area contributed by atoms with Crippen LogP contribution in [0.4, 0.5) is 17.6 Å². The van der Waals surface area contributed by atoms with Gasteiger partial charge in [0.15, 0.2) is 23.2 Å². The zero-order valence-corrected chi connectivity index (χ0v) is 22.8. The second-order valence-electron chi connectivity index (χ2n) is 10.5. The van der Waals surface area contributed by atoms with Crippen molar-refractivity contribution in [1.29, 1.82) is 0 Å². The Morgan fingerprint density at radius 1 is 0.875 bits per heavy atom. The molecule has 0 aliphatic heterocycles. The molecule has 0 saturated heterocycles. The standard InChI is InChI=1S/C34H36F4O2/c1-3-5-21-40-30-20-17-26(31(35)34(30)38)12-9-22-7-10-23(11-8-22)27-18-19-28(33(37)32(27)36)24-13-15-25(16-14-24)29(39)6-4-2/h3,7-12,17-20,24-25,29,39H,1,4-6,13-16,21H2,2H3/b12-9+. The molecular formula is C34H36F4O2. The van der Waals surface area contributed by atoms with Crippen molar-refractivity contribution in [1.82, 2.24) is 0 Å². The third kappa shape index (κ3) is 6.84. The molecule has 40 heavy (non-hydrogen) atoms. The topological polar surface area (TPSA) is 29.5 Å². The van der Waals surface area contributed by atoms with Gasteiger partial charge in [-0.2, -0.15) is 4.39 Å². The third-order valence-electron chi connectivity index (χ3n) is 7.79. The zero-order chi connectivity index (χ0) is 28.6. The van der Waals surface area contributed by atoms with Crippen LogP contribution in [0, 0.1) is 29.2 Å². The van der Waals surface area contributed by atoms with Crippen LogP contribution in [-0.2, 0) is 0 Å². The quantitative estimate of drug-likeness (QED) is 0.111. The van der Waals surface area contributed by atoms with Crippen LogP contribution in [0.25, 0.3) is 23.3 Å². The summed E-state index contributed by atoms with van der Waals surface area (Å²) in [4.78, 5) is 0. The van der Waals surface area contributed by atoms with Crippen molar-refractivity contribution in [3.8, 4) is 16.9 Å². The molecule has 0 aromatic heterocycles. The van der Waals surface area contributed by atoms with Crippen LogP contribution in [0.15, 0.2) is 61.2 Å². The molecule has 1 atom stereocenters. The first-order valence-electron chi connectivity index (χ1n) is 14.0. The molecule has 1 unspecified atom stereocenters. The van der Waals surface area contributed by atoms with Crippen molar-refractivity contribution in [3.63, 3.8) is 0 Å². The molecule has 0 amide bonds. The molecule has 1 aliphatic rings. The van der Waals surface area contributed by atoms with Crippen LogP contribution in [0.1, 0.15) is 74.5 Å². The van der Waals surface area contributed by atoms with Gasteiger partial charge in [-0.1, -0.05) is 68.0 Å². The average molecular weight is 553 g/mol. The summed E-state index contributed by atoms with van der Waals surface area (Å²) in [7, 11) is 0. The Balaban J connectivity index is 1.43. The Kier molecular flexibility index (Phi) is 10.2. The fourth-order valence-corrected chi connectivity index (χ4v) is 5.45. The molecule has 3 aromatic carbocycles. The molecule has 1 fully saturated rings. The number of rotatable bonds is 11. The molecule has 0 spiro atoms. The van der Waals surface area contributed by atoms with Gasteiger partial charge >= 0.3 is 0 Å². The van der Waals surface area contributed by atoms with E-state index in [1.165, 1.54) is 18.2 Å². The van der Waals surface area contributed by atoms with E-state index in [2.05, 4.69) is 6.58 Å². The highest BCUT2D eigenvalue weighted by Crippen LogP contribution is 2.40. The number of halogens is 4. The van der Waals surface area contributed by atoms with Crippen molar-refractivity contribution in [2.24, 2.45) is 5.92 Å². The number of aliphatic hydroxyl groups excluding tert-OH is 1. The summed E-state index contributed by atoms with van der Waals surface area (Å²) in [6.07, 6.45) is 9.70. The van der Waals surface area contributed by atoms with E-state index in [1.54, 1.807) is 48.6 Å². The van der Waals surface area contributed by atoms with Crippen molar-refractivity contribution in [2.45, 2.75) is 63.9 Å². The second kappa shape index (κ2) is 13.8. The van der Waals surface area contributed by atoms with Crippen molar-refractivity contribution in [2.75, 3.05) is 6.61 Å². The number of hydrogen-bond donors (Lipinski definition) is 1. The molecule has 2 nitrogen and oxygen atoms in total. The predicted molar refractivity (Wildman–Crippen MR) is 153 cm³/mol. The lowest BCUT2D eigenvalue weighted by Gasteiger charge is -2.32. The zero-order valence-electron chi connectivity index (χ0n) is 22.8. The molecular weight excluding hydrogens is 516 g/mol. The monoisotopic (exact) mass is 552 g/mol. The SMILES string of the molecule is C=CCCOc1ccc(/C=C/c2ccc(-c3ccc(C4CCC(C(O)CCC)CC4)c(F)c3F)cc2)c(F)c1F. The second-order valence-corrected chi connectivity index (χ2v) is 10.5. The largest absolute Gasteiger partial charge is 0.490 e. The lowest BCUT2D eigenvalue weighted by Crippen LogP contribution is -2.25. The van der Waals surface area contributed by atoms with E-state index in [0.29, 0.717) is 23.1 Å². The van der Waals surface area contributed by atoms with Crippen LogP contribution in [0.5, 0.6) is 5.75 Å². The van der Waals surface area contributed by atoms with Crippen molar-refractivity contribution >= 4 is 12.2 Å². The van der Waals surface area contributed by atoms with Crippen molar-refractivity contribution < 1.29 is 27.4 Å². The number of ether oxygens (including phenoxy) is 1. The summed E-state index contributed by atoms with van der Waals surface area (Å²) in [5.41, 5.74) is 1.84. The third-order valence-corrected chi connectivity index (χ3v) is 7.79. The maximum Gasteiger partial charge on any atom is 0.201 e. The van der Waals surface area contributed by atoms with Gasteiger partial charge in [-0.3, -0.25) is 0 Å². The van der Waals surface area contributed by atoms with Crippen molar-refractivity contribution in [3.05, 3.63) is 101 Å². The highest BCUT2D eigenvalue weighted by atomic mass is 19.2. The van der Waals surface area contributed by atoms with Gasteiger partial charge in [-0.05, 0) is 79.2 Å². The Labute approximate surface area is 234 Å². The van der Waals surface area contributed by atoms with E-state index in [4.69, 9.17) is 4.74 Å². The lowest BCUT2D eigenvalue weighted by atomic mass is 9.75. The molecule has 3 aromatic rings. The van der Waals surface area contributed by atoms with Gasteiger partial charge in [0.05, 0.1) is 12.7 Å². The summed E-state index contributed by atoms with van der Waals surface area (Å²) in [5, 5.41) is 10.3. The summed E-state index contributed by atoms with van der Waals surface area (Å²) in [6, 6.07) is 12.9. The average Bonchev–Trinajstić information content (AvgIpc) is 2.97. The van der Waals surface area contributed by atoms with E-state index >= 15 is 8.78 Å². The summed E-state index contributed by atoms with van der Waals surface area (Å²) < 4.78 is 64.4. The molecule has 4 rings (SSSR count). The maximum atomic E-state index is 15.2. The van der Waals surface area contributed by atoms with Gasteiger partial charge in [-0.25, -0.2) is 13.2 Å². The Hall–Kier alpha value is -3.38. The van der Waals surface area contributed by atoms with Gasteiger partial charge in [0, 0.05) is 11.1 Å². The Morgan fingerprint density at radius 3 is 2.27 bits per heavy atom. The minimum Gasteiger partial charge on any atom is -0.490 e. The highest BCUT2D eigenvalue weighted by molar-refractivity contribution is 5.73. The molecule has 0 radical (unpaired) electrons. The number of aliphatic hydroxyl groups is 1. The highest BCUT2D eigenvalue weighted by Gasteiger charge is 2.29. The van der Waals surface area contributed by atoms with Crippen LogP contribution in [-0.4, -0.2) is 17.8 Å². The first-order chi connectivity index (χ1) is 19.3. The minimum atomic E-state index is -1.05. The molecule has 212 valence electrons. The van der Waals surface area contributed by atoms with Crippen LogP contribution in [0.2, 0.25) is 0 Å². The fourth-order valence-electron chi connectivity index (χ4n) is 5.45. The van der Waals surface area contributed by atoms with Crippen LogP contribution >= 0.6 is 0 Å². The smallest absolute Gasteiger partial charge is 0.201 e. The van der Waals surface area contributed by atoms with Gasteiger partial charge in [0.1, 0.15) is 0 Å². The minimum absolute atomic E-state index is 0.0563. The molecule has 1 aliphatic carbocycles. The van der Waals surface area contributed by atoms with E-state index in [9.17, 15) is 13.9 Å². The van der Waals surface area contributed by atoms with E-state index in [0.717, 1.165) is 38.5 Å².